The molecule has 2 aromatic carbocycles. The van der Waals surface area contributed by atoms with Gasteiger partial charge in [-0.05, 0) is 50.1 Å². The molecule has 1 aliphatic rings. The highest BCUT2D eigenvalue weighted by Crippen LogP contribution is 2.37. The number of amides is 2. The van der Waals surface area contributed by atoms with E-state index < -0.39 is 18.5 Å². The molecule has 0 aliphatic carbocycles. The summed E-state index contributed by atoms with van der Waals surface area (Å²) in [7, 11) is 0. The summed E-state index contributed by atoms with van der Waals surface area (Å²) in [5, 5.41) is 15.3. The molecule has 2 N–H and O–H groups in total. The van der Waals surface area contributed by atoms with E-state index in [1.54, 1.807) is 12.1 Å². The fourth-order valence-corrected chi connectivity index (χ4v) is 3.74. The fraction of sp³-hybridized carbons (Fsp3) is 0.304. The first-order chi connectivity index (χ1) is 16.0. The number of carbonyl (C=O) groups is 2. The molecule has 33 heavy (non-hydrogen) atoms. The number of hydrogen-bond acceptors (Lipinski definition) is 7. The van der Waals surface area contributed by atoms with Crippen molar-refractivity contribution in [3.63, 3.8) is 0 Å². The first-order valence-electron chi connectivity index (χ1n) is 10.6. The summed E-state index contributed by atoms with van der Waals surface area (Å²) in [5.41, 5.74) is 3.05. The number of nitrogens with zero attached hydrogens (tertiary/aromatic N) is 3. The number of aliphatic carboxylic acids is 1. The molecule has 0 radical (unpaired) electrons. The Morgan fingerprint density at radius 1 is 1.15 bits per heavy atom. The van der Waals surface area contributed by atoms with Gasteiger partial charge in [-0.2, -0.15) is 4.98 Å². The van der Waals surface area contributed by atoms with Crippen LogP contribution in [-0.2, 0) is 11.2 Å². The van der Waals surface area contributed by atoms with Gasteiger partial charge in [0.05, 0.1) is 13.2 Å². The molecule has 2 heterocycles. The molecule has 0 saturated heterocycles. The molecular weight excluding hydrogens is 428 g/mol. The van der Waals surface area contributed by atoms with Crippen LogP contribution >= 0.6 is 0 Å². The predicted molar refractivity (Wildman–Crippen MR) is 120 cm³/mol. The van der Waals surface area contributed by atoms with Crippen LogP contribution in [0.25, 0.3) is 22.8 Å². The van der Waals surface area contributed by atoms with E-state index >= 15 is 0 Å². The van der Waals surface area contributed by atoms with Crippen LogP contribution in [0.5, 0.6) is 11.5 Å². The lowest BCUT2D eigenvalue weighted by Gasteiger charge is -2.17. The van der Waals surface area contributed by atoms with Crippen LogP contribution in [0.15, 0.2) is 40.9 Å². The first-order valence-corrected chi connectivity index (χ1v) is 10.6. The zero-order valence-electron chi connectivity index (χ0n) is 18.3. The van der Waals surface area contributed by atoms with E-state index in [9.17, 15) is 9.59 Å². The van der Waals surface area contributed by atoms with Crippen molar-refractivity contribution in [3.8, 4) is 34.3 Å². The summed E-state index contributed by atoms with van der Waals surface area (Å²) in [4.78, 5) is 29.2. The number of nitrogens with one attached hydrogen (secondary N) is 1. The van der Waals surface area contributed by atoms with Gasteiger partial charge in [0.1, 0.15) is 6.54 Å². The Balaban J connectivity index is 1.61. The van der Waals surface area contributed by atoms with E-state index in [1.807, 2.05) is 38.1 Å². The van der Waals surface area contributed by atoms with E-state index in [2.05, 4.69) is 15.5 Å². The van der Waals surface area contributed by atoms with E-state index in [4.69, 9.17) is 19.1 Å². The Labute approximate surface area is 190 Å². The first kappa shape index (κ1) is 22.1. The third-order valence-corrected chi connectivity index (χ3v) is 5.12. The van der Waals surface area contributed by atoms with Gasteiger partial charge in [-0.1, -0.05) is 17.3 Å². The van der Waals surface area contributed by atoms with E-state index in [1.165, 1.54) is 4.90 Å². The SMILES string of the molecule is CCOc1ccc(-c2nc(-c3cccc4c3CCN4C(=O)NCC(=O)O)no2)cc1OCC. The topological polar surface area (TPSA) is 127 Å². The van der Waals surface area contributed by atoms with Crippen molar-refractivity contribution in [2.75, 3.05) is 31.2 Å². The lowest BCUT2D eigenvalue weighted by molar-refractivity contribution is -0.135. The fourth-order valence-electron chi connectivity index (χ4n) is 3.74. The molecule has 172 valence electrons. The zero-order valence-corrected chi connectivity index (χ0v) is 18.3. The summed E-state index contributed by atoms with van der Waals surface area (Å²) in [6.07, 6.45) is 0.591. The summed E-state index contributed by atoms with van der Waals surface area (Å²) in [5.74, 6) is 0.880. The van der Waals surface area contributed by atoms with Crippen LogP contribution < -0.4 is 19.7 Å². The average molecular weight is 452 g/mol. The van der Waals surface area contributed by atoms with E-state index in [-0.39, 0.29) is 0 Å². The highest BCUT2D eigenvalue weighted by Gasteiger charge is 2.28. The van der Waals surface area contributed by atoms with Gasteiger partial charge in [0.15, 0.2) is 11.5 Å². The molecule has 4 rings (SSSR count). The van der Waals surface area contributed by atoms with Crippen molar-refractivity contribution in [3.05, 3.63) is 42.0 Å². The molecule has 10 nitrogen and oxygen atoms in total. The molecule has 1 aromatic heterocycles. The van der Waals surface area contributed by atoms with Crippen LogP contribution in [0.1, 0.15) is 19.4 Å². The maximum absolute atomic E-state index is 12.4. The molecule has 1 aliphatic heterocycles. The van der Waals surface area contributed by atoms with Gasteiger partial charge in [-0.3, -0.25) is 9.69 Å². The van der Waals surface area contributed by atoms with Crippen LogP contribution in [0, 0.1) is 0 Å². The Kier molecular flexibility index (Phi) is 6.43. The standard InChI is InChI=1S/C23H24N4O6/c1-3-31-18-9-8-14(12-19(18)32-4-2)22-25-21(26-33-22)16-6-5-7-17-15(16)10-11-27(17)23(30)24-13-20(28)29/h5-9,12H,3-4,10-11,13H2,1-2H3,(H,24,30)(H,28,29). The highest BCUT2D eigenvalue weighted by molar-refractivity contribution is 5.96. The van der Waals surface area contributed by atoms with Gasteiger partial charge in [0.2, 0.25) is 5.82 Å². The third kappa shape index (κ3) is 4.59. The molecule has 0 bridgehead atoms. The number of carbonyl (C=O) groups excluding carboxylic acids is 1. The quantitative estimate of drug-likeness (QED) is 0.533. The van der Waals surface area contributed by atoms with Crippen molar-refractivity contribution in [2.24, 2.45) is 0 Å². The smallest absolute Gasteiger partial charge is 0.323 e. The maximum Gasteiger partial charge on any atom is 0.323 e. The Morgan fingerprint density at radius 2 is 1.94 bits per heavy atom. The van der Waals surface area contributed by atoms with Gasteiger partial charge in [-0.15, -0.1) is 0 Å². The number of carboxylic acids is 1. The second kappa shape index (κ2) is 9.60. The lowest BCUT2D eigenvalue weighted by atomic mass is 10.0. The number of hydrogen-bond donors (Lipinski definition) is 2. The predicted octanol–water partition coefficient (Wildman–Crippen LogP) is 3.36. The monoisotopic (exact) mass is 452 g/mol. The molecular formula is C23H24N4O6. The normalized spacial score (nSPS) is 12.4. The summed E-state index contributed by atoms with van der Waals surface area (Å²) in [6, 6.07) is 10.5. The van der Waals surface area contributed by atoms with Gasteiger partial charge in [0, 0.05) is 23.4 Å². The van der Waals surface area contributed by atoms with E-state index in [0.717, 1.165) is 11.1 Å². The van der Waals surface area contributed by atoms with Crippen LogP contribution in [-0.4, -0.2) is 53.6 Å². The minimum absolute atomic E-state index is 0.334. The summed E-state index contributed by atoms with van der Waals surface area (Å²) < 4.78 is 16.8. The van der Waals surface area contributed by atoms with Crippen molar-refractivity contribution >= 4 is 17.7 Å². The van der Waals surface area contributed by atoms with Crippen molar-refractivity contribution < 1.29 is 28.7 Å². The van der Waals surface area contributed by atoms with Gasteiger partial charge >= 0.3 is 12.0 Å². The number of fused-ring (bicyclic) bond motifs is 1. The largest absolute Gasteiger partial charge is 0.490 e. The molecule has 0 atom stereocenters. The number of benzene rings is 2. The van der Waals surface area contributed by atoms with Crippen molar-refractivity contribution in [2.45, 2.75) is 20.3 Å². The Bertz CT molecular complexity index is 1180. The van der Waals surface area contributed by atoms with Gasteiger partial charge < -0.3 is 24.4 Å². The van der Waals surface area contributed by atoms with Crippen molar-refractivity contribution in [1.82, 2.24) is 15.5 Å². The number of aromatic nitrogens is 2. The van der Waals surface area contributed by atoms with Crippen LogP contribution in [0.4, 0.5) is 10.5 Å². The molecule has 0 unspecified atom stereocenters. The van der Waals surface area contributed by atoms with Crippen LogP contribution in [0.3, 0.4) is 0 Å². The molecule has 0 spiro atoms. The second-order valence-corrected chi connectivity index (χ2v) is 7.21. The number of anilines is 1. The minimum atomic E-state index is -1.10. The number of rotatable bonds is 8. The number of carboxylic acid groups (broad SMARTS) is 1. The molecule has 0 fully saturated rings. The number of urea groups is 1. The summed E-state index contributed by atoms with van der Waals surface area (Å²) >= 11 is 0. The van der Waals surface area contributed by atoms with E-state index in [0.29, 0.717) is 60.6 Å². The highest BCUT2D eigenvalue weighted by atomic mass is 16.5. The minimum Gasteiger partial charge on any atom is -0.490 e. The Hall–Kier alpha value is -4.08. The molecule has 3 aromatic rings. The average Bonchev–Trinajstić information content (AvgIpc) is 3.46. The van der Waals surface area contributed by atoms with Crippen LogP contribution in [0.2, 0.25) is 0 Å². The lowest BCUT2D eigenvalue weighted by Crippen LogP contribution is -2.41. The maximum atomic E-state index is 12.4. The van der Waals surface area contributed by atoms with Crippen molar-refractivity contribution in [1.29, 1.82) is 0 Å². The van der Waals surface area contributed by atoms with Gasteiger partial charge in [-0.25, -0.2) is 4.79 Å². The zero-order chi connectivity index (χ0) is 23.4. The van der Waals surface area contributed by atoms with Gasteiger partial charge in [0.25, 0.3) is 5.89 Å². The Morgan fingerprint density at radius 3 is 2.70 bits per heavy atom. The second-order valence-electron chi connectivity index (χ2n) is 7.21. The molecule has 10 heteroatoms. The third-order valence-electron chi connectivity index (χ3n) is 5.12. The molecule has 2 amide bonds. The number of ether oxygens (including phenoxy) is 2. The summed E-state index contributed by atoms with van der Waals surface area (Å²) in [6.45, 7) is 4.81. The molecule has 0 saturated carbocycles.